The first-order valence-electron chi connectivity index (χ1n) is 6.45. The van der Waals surface area contributed by atoms with Gasteiger partial charge in [0.15, 0.2) is 0 Å². The molecular weight excluding hydrogens is 286 g/mol. The van der Waals surface area contributed by atoms with E-state index < -0.39 is 16.7 Å². The van der Waals surface area contributed by atoms with Gasteiger partial charge in [-0.2, -0.15) is 0 Å². The number of carbonyl (C=O) groups excluding carboxylic acids is 1. The number of benzene rings is 2. The molecule has 0 unspecified atom stereocenters. The van der Waals surface area contributed by atoms with Gasteiger partial charge >= 0.3 is 0 Å². The number of nitrogens with two attached hydrogens (primary N) is 1. The van der Waals surface area contributed by atoms with E-state index in [0.717, 1.165) is 22.4 Å². The van der Waals surface area contributed by atoms with E-state index in [9.17, 15) is 9.00 Å². The van der Waals surface area contributed by atoms with E-state index in [0.29, 0.717) is 5.75 Å². The minimum absolute atomic E-state index is 0.0970. The lowest BCUT2D eigenvalue weighted by Crippen LogP contribution is -2.20. The number of amides is 1. The molecule has 0 aliphatic carbocycles. The lowest BCUT2D eigenvalue weighted by atomic mass is 10.0. The molecule has 2 N–H and O–H groups in total. The number of rotatable bonds is 6. The molecule has 0 heterocycles. The highest BCUT2D eigenvalue weighted by Crippen LogP contribution is 2.22. The molecule has 2 rings (SSSR count). The number of hydrogen-bond donors (Lipinski definition) is 1. The van der Waals surface area contributed by atoms with Gasteiger partial charge in [0.25, 0.3) is 0 Å². The third-order valence-electron chi connectivity index (χ3n) is 3.01. The maximum absolute atomic E-state index is 11.6. The molecule has 0 aliphatic rings. The monoisotopic (exact) mass is 303 g/mol. The van der Waals surface area contributed by atoms with Crippen molar-refractivity contribution in [3.8, 4) is 16.9 Å². The molecule has 0 spiro atoms. The van der Waals surface area contributed by atoms with Crippen molar-refractivity contribution < 1.29 is 13.7 Å². The molecule has 0 saturated carbocycles. The molecule has 21 heavy (non-hydrogen) atoms. The lowest BCUT2D eigenvalue weighted by Gasteiger charge is -2.05. The first-order chi connectivity index (χ1) is 10.1. The van der Waals surface area contributed by atoms with Gasteiger partial charge in [-0.15, -0.1) is 0 Å². The topological polar surface area (TPSA) is 69.4 Å². The molecular formula is C16H17NO3S. The molecule has 0 saturated heterocycles. The van der Waals surface area contributed by atoms with Crippen LogP contribution in [-0.2, 0) is 21.3 Å². The van der Waals surface area contributed by atoms with Gasteiger partial charge in [0.05, 0.1) is 7.11 Å². The van der Waals surface area contributed by atoms with Crippen LogP contribution in [0.1, 0.15) is 5.56 Å². The van der Waals surface area contributed by atoms with Crippen molar-refractivity contribution >= 4 is 16.7 Å². The number of carbonyl (C=O) groups is 1. The summed E-state index contributed by atoms with van der Waals surface area (Å²) in [7, 11) is 0.387. The average Bonchev–Trinajstić information content (AvgIpc) is 2.47. The largest absolute Gasteiger partial charge is 0.497 e. The Labute approximate surface area is 126 Å². The summed E-state index contributed by atoms with van der Waals surface area (Å²) in [5.41, 5.74) is 8.11. The Balaban J connectivity index is 2.07. The van der Waals surface area contributed by atoms with Crippen molar-refractivity contribution in [2.75, 3.05) is 12.9 Å². The van der Waals surface area contributed by atoms with Gasteiger partial charge in [-0.25, -0.2) is 0 Å². The Morgan fingerprint density at radius 3 is 2.05 bits per heavy atom. The summed E-state index contributed by atoms with van der Waals surface area (Å²) in [4.78, 5) is 10.7. The van der Waals surface area contributed by atoms with E-state index in [1.807, 2.05) is 48.5 Å². The molecule has 0 aliphatic heterocycles. The van der Waals surface area contributed by atoms with Crippen molar-refractivity contribution in [2.45, 2.75) is 5.75 Å². The molecule has 0 bridgehead atoms. The fourth-order valence-electron chi connectivity index (χ4n) is 1.97. The van der Waals surface area contributed by atoms with Crippen molar-refractivity contribution in [3.05, 3.63) is 54.1 Å². The van der Waals surface area contributed by atoms with Crippen LogP contribution in [0.2, 0.25) is 0 Å². The van der Waals surface area contributed by atoms with E-state index in [1.165, 1.54) is 0 Å². The van der Waals surface area contributed by atoms with E-state index in [-0.39, 0.29) is 5.75 Å². The van der Waals surface area contributed by atoms with Crippen LogP contribution < -0.4 is 10.5 Å². The predicted octanol–water partition coefficient (Wildman–Crippen LogP) is 2.10. The van der Waals surface area contributed by atoms with Crippen molar-refractivity contribution in [1.82, 2.24) is 0 Å². The van der Waals surface area contributed by atoms with Gasteiger partial charge in [0, 0.05) is 16.6 Å². The zero-order valence-corrected chi connectivity index (χ0v) is 12.6. The highest BCUT2D eigenvalue weighted by atomic mass is 32.2. The average molecular weight is 303 g/mol. The molecule has 0 fully saturated rings. The molecule has 2 aromatic carbocycles. The summed E-state index contributed by atoms with van der Waals surface area (Å²) in [6.07, 6.45) is 0. The molecule has 2 aromatic rings. The molecule has 5 heteroatoms. The van der Waals surface area contributed by atoms with Crippen LogP contribution in [0.3, 0.4) is 0 Å². The smallest absolute Gasteiger partial charge is 0.230 e. The number of primary amides is 1. The van der Waals surface area contributed by atoms with Crippen LogP contribution in [0, 0.1) is 0 Å². The Kier molecular flexibility index (Phi) is 5.11. The molecule has 110 valence electrons. The Morgan fingerprint density at radius 1 is 1.05 bits per heavy atom. The summed E-state index contributed by atoms with van der Waals surface area (Å²) >= 11 is 0. The van der Waals surface area contributed by atoms with Crippen molar-refractivity contribution in [2.24, 2.45) is 5.73 Å². The van der Waals surface area contributed by atoms with Gasteiger partial charge < -0.3 is 10.5 Å². The maximum atomic E-state index is 11.6. The summed E-state index contributed by atoms with van der Waals surface area (Å²) in [5.74, 6) is 0.520. The fraction of sp³-hybridized carbons (Fsp3) is 0.188. The molecule has 4 nitrogen and oxygen atoms in total. The van der Waals surface area contributed by atoms with Crippen molar-refractivity contribution in [3.63, 3.8) is 0 Å². The third kappa shape index (κ3) is 4.43. The predicted molar refractivity (Wildman–Crippen MR) is 84.3 cm³/mol. The second-order valence-electron chi connectivity index (χ2n) is 4.62. The lowest BCUT2D eigenvalue weighted by molar-refractivity contribution is -0.115. The van der Waals surface area contributed by atoms with Gasteiger partial charge in [0.2, 0.25) is 5.91 Å². The van der Waals surface area contributed by atoms with Gasteiger partial charge in [-0.05, 0) is 28.8 Å². The standard InChI is InChI=1S/C16H17NO3S/c1-20-15-8-6-14(7-9-15)13-4-2-12(3-5-13)10-21(19)11-16(17)18/h2-9H,10-11H2,1H3,(H2,17,18)/t21-/m0/s1. The van der Waals surface area contributed by atoms with E-state index in [1.54, 1.807) is 7.11 Å². The summed E-state index contributed by atoms with van der Waals surface area (Å²) in [6.45, 7) is 0. The fourth-order valence-corrected chi connectivity index (χ4v) is 2.96. The SMILES string of the molecule is COc1ccc(-c2ccc(C[S@](=O)CC(N)=O)cc2)cc1. The Morgan fingerprint density at radius 2 is 1.57 bits per heavy atom. The summed E-state index contributed by atoms with van der Waals surface area (Å²) < 4.78 is 16.8. The number of ether oxygens (including phenoxy) is 1. The van der Waals surface area contributed by atoms with Crippen molar-refractivity contribution in [1.29, 1.82) is 0 Å². The number of methoxy groups -OCH3 is 1. The van der Waals surface area contributed by atoms with Crippen LogP contribution in [0.5, 0.6) is 5.75 Å². The first-order valence-corrected chi connectivity index (χ1v) is 7.94. The van der Waals surface area contributed by atoms with Crippen LogP contribution in [0.15, 0.2) is 48.5 Å². The zero-order chi connectivity index (χ0) is 15.2. The summed E-state index contributed by atoms with van der Waals surface area (Å²) in [5, 5.41) is 0. The molecule has 0 aromatic heterocycles. The summed E-state index contributed by atoms with van der Waals surface area (Å²) in [6, 6.07) is 15.6. The highest BCUT2D eigenvalue weighted by Gasteiger charge is 2.06. The van der Waals surface area contributed by atoms with Gasteiger partial charge in [-0.3, -0.25) is 9.00 Å². The van der Waals surface area contributed by atoms with Crippen LogP contribution in [0.4, 0.5) is 0 Å². The van der Waals surface area contributed by atoms with Gasteiger partial charge in [-0.1, -0.05) is 36.4 Å². The zero-order valence-electron chi connectivity index (χ0n) is 11.7. The van der Waals surface area contributed by atoms with Crippen LogP contribution in [0.25, 0.3) is 11.1 Å². The first kappa shape index (κ1) is 15.3. The van der Waals surface area contributed by atoms with E-state index in [2.05, 4.69) is 0 Å². The Hall–Kier alpha value is -2.14. The second-order valence-corrected chi connectivity index (χ2v) is 6.08. The highest BCUT2D eigenvalue weighted by molar-refractivity contribution is 7.84. The minimum Gasteiger partial charge on any atom is -0.497 e. The second kappa shape index (κ2) is 7.04. The molecule has 0 radical (unpaired) electrons. The maximum Gasteiger partial charge on any atom is 0.230 e. The number of hydrogen-bond acceptors (Lipinski definition) is 3. The normalized spacial score (nSPS) is 11.9. The molecule has 1 amide bonds. The van der Waals surface area contributed by atoms with E-state index in [4.69, 9.17) is 10.5 Å². The quantitative estimate of drug-likeness (QED) is 0.888. The molecule has 1 atom stereocenters. The van der Waals surface area contributed by atoms with E-state index >= 15 is 0 Å². The Bertz CT molecular complexity index is 636. The van der Waals surface area contributed by atoms with Crippen LogP contribution >= 0.6 is 0 Å². The minimum atomic E-state index is -1.25. The third-order valence-corrected chi connectivity index (χ3v) is 4.27. The van der Waals surface area contributed by atoms with Crippen LogP contribution in [-0.4, -0.2) is 23.0 Å². The van der Waals surface area contributed by atoms with Gasteiger partial charge in [0.1, 0.15) is 11.5 Å².